The maximum absolute atomic E-state index is 11.1. The van der Waals surface area contributed by atoms with Crippen molar-refractivity contribution in [1.29, 1.82) is 0 Å². The molecule has 0 aromatic heterocycles. The average molecular weight is 254 g/mol. The van der Waals surface area contributed by atoms with Crippen molar-refractivity contribution in [1.82, 2.24) is 0 Å². The molecule has 1 atom stereocenters. The summed E-state index contributed by atoms with van der Waals surface area (Å²) in [5.41, 5.74) is 0.893. The summed E-state index contributed by atoms with van der Waals surface area (Å²) in [5.74, 6) is -0.277. The Morgan fingerprint density at radius 1 is 1.53 bits per heavy atom. The monoisotopic (exact) mass is 253 g/mol. The summed E-state index contributed by atoms with van der Waals surface area (Å²) in [5, 5.41) is 12.9. The molecular formula is C13H16ClNO2. The predicted octanol–water partition coefficient (Wildman–Crippen LogP) is 3.64. The Bertz CT molecular complexity index is 429. The van der Waals surface area contributed by atoms with Gasteiger partial charge in [-0.15, -0.1) is 0 Å². The number of aromatic carboxylic acids is 1. The molecule has 0 amide bonds. The fraction of sp³-hybridized carbons (Fsp3) is 0.462. The van der Waals surface area contributed by atoms with Gasteiger partial charge < -0.3 is 10.4 Å². The van der Waals surface area contributed by atoms with Crippen LogP contribution >= 0.6 is 11.6 Å². The van der Waals surface area contributed by atoms with Gasteiger partial charge >= 0.3 is 5.97 Å². The minimum atomic E-state index is -0.926. The Hall–Kier alpha value is -1.22. The van der Waals surface area contributed by atoms with Crippen LogP contribution in [0.1, 0.15) is 36.5 Å². The zero-order valence-electron chi connectivity index (χ0n) is 9.74. The second kappa shape index (κ2) is 4.96. The first-order chi connectivity index (χ1) is 8.08. The van der Waals surface area contributed by atoms with Gasteiger partial charge in [0.05, 0.1) is 11.3 Å². The Morgan fingerprint density at radius 2 is 2.24 bits per heavy atom. The van der Waals surface area contributed by atoms with Crippen molar-refractivity contribution in [2.45, 2.75) is 32.2 Å². The predicted molar refractivity (Wildman–Crippen MR) is 68.8 cm³/mol. The van der Waals surface area contributed by atoms with Crippen LogP contribution in [-0.2, 0) is 0 Å². The van der Waals surface area contributed by atoms with Crippen molar-refractivity contribution in [3.05, 3.63) is 28.8 Å². The quantitative estimate of drug-likeness (QED) is 0.861. The Kier molecular flexibility index (Phi) is 3.57. The zero-order chi connectivity index (χ0) is 12.4. The number of carboxylic acids is 1. The van der Waals surface area contributed by atoms with Gasteiger partial charge in [-0.25, -0.2) is 4.79 Å². The van der Waals surface area contributed by atoms with Crippen molar-refractivity contribution in [2.75, 3.05) is 5.32 Å². The Labute approximate surface area is 106 Å². The fourth-order valence-electron chi connectivity index (χ4n) is 2.13. The van der Waals surface area contributed by atoms with Crippen LogP contribution in [0.2, 0.25) is 5.02 Å². The second-order valence-corrected chi connectivity index (χ2v) is 5.06. The average Bonchev–Trinajstić information content (AvgIpc) is 2.13. The number of nitrogens with one attached hydrogen (secondary N) is 1. The van der Waals surface area contributed by atoms with Crippen LogP contribution in [0, 0.1) is 5.92 Å². The largest absolute Gasteiger partial charge is 0.478 e. The van der Waals surface area contributed by atoms with Crippen molar-refractivity contribution in [3.63, 3.8) is 0 Å². The van der Waals surface area contributed by atoms with Crippen LogP contribution in [0.3, 0.4) is 0 Å². The van der Waals surface area contributed by atoms with Gasteiger partial charge in [0.1, 0.15) is 0 Å². The van der Waals surface area contributed by atoms with E-state index in [1.807, 2.05) is 0 Å². The van der Waals surface area contributed by atoms with Gasteiger partial charge in [0.25, 0.3) is 0 Å². The van der Waals surface area contributed by atoms with E-state index in [0.717, 1.165) is 0 Å². The van der Waals surface area contributed by atoms with Gasteiger partial charge in [0.2, 0.25) is 0 Å². The SMILES string of the molecule is CC(Nc1cc(Cl)ccc1C(=O)O)C1CCC1. The number of hydrogen-bond acceptors (Lipinski definition) is 2. The van der Waals surface area contributed by atoms with Gasteiger partial charge in [-0.1, -0.05) is 18.0 Å². The molecule has 2 rings (SSSR count). The molecule has 0 heterocycles. The summed E-state index contributed by atoms with van der Waals surface area (Å²) in [6.45, 7) is 2.09. The van der Waals surface area contributed by atoms with Crippen LogP contribution in [0.15, 0.2) is 18.2 Å². The lowest BCUT2D eigenvalue weighted by atomic mass is 9.80. The second-order valence-electron chi connectivity index (χ2n) is 4.62. The highest BCUT2D eigenvalue weighted by Crippen LogP contribution is 2.32. The van der Waals surface area contributed by atoms with Crippen molar-refractivity contribution in [3.8, 4) is 0 Å². The molecule has 0 bridgehead atoms. The summed E-state index contributed by atoms with van der Waals surface area (Å²) in [7, 11) is 0. The van der Waals surface area contributed by atoms with E-state index in [1.54, 1.807) is 18.2 Å². The molecule has 1 aliphatic rings. The lowest BCUT2D eigenvalue weighted by Gasteiger charge is -2.32. The van der Waals surface area contributed by atoms with Crippen molar-refractivity contribution in [2.24, 2.45) is 5.92 Å². The summed E-state index contributed by atoms with van der Waals surface area (Å²) in [6.07, 6.45) is 3.71. The molecule has 1 unspecified atom stereocenters. The van der Waals surface area contributed by atoms with Crippen LogP contribution in [0.25, 0.3) is 0 Å². The number of rotatable bonds is 4. The van der Waals surface area contributed by atoms with E-state index in [4.69, 9.17) is 16.7 Å². The highest BCUT2D eigenvalue weighted by Gasteiger charge is 2.24. The normalized spacial score (nSPS) is 17.3. The summed E-state index contributed by atoms with van der Waals surface area (Å²) < 4.78 is 0. The minimum Gasteiger partial charge on any atom is -0.478 e. The van der Waals surface area contributed by atoms with Crippen LogP contribution < -0.4 is 5.32 Å². The highest BCUT2D eigenvalue weighted by atomic mass is 35.5. The minimum absolute atomic E-state index is 0.278. The first kappa shape index (κ1) is 12.2. The standard InChI is InChI=1S/C13H16ClNO2/c1-8(9-3-2-4-9)15-12-7-10(14)5-6-11(12)13(16)17/h5-9,15H,2-4H2,1H3,(H,16,17). The summed E-state index contributed by atoms with van der Waals surface area (Å²) in [4.78, 5) is 11.1. The molecule has 2 N–H and O–H groups in total. The molecule has 1 aromatic rings. The van der Waals surface area contributed by atoms with Gasteiger partial charge in [-0.2, -0.15) is 0 Å². The van der Waals surface area contributed by atoms with Crippen molar-refractivity contribution < 1.29 is 9.90 Å². The number of anilines is 1. The van der Waals surface area contributed by atoms with E-state index >= 15 is 0 Å². The number of carboxylic acid groups (broad SMARTS) is 1. The van der Waals surface area contributed by atoms with Gasteiger partial charge in [0, 0.05) is 11.1 Å². The van der Waals surface area contributed by atoms with Gasteiger partial charge in [-0.3, -0.25) is 0 Å². The zero-order valence-corrected chi connectivity index (χ0v) is 10.5. The Balaban J connectivity index is 2.17. The van der Waals surface area contributed by atoms with E-state index in [1.165, 1.54) is 19.3 Å². The molecule has 3 nitrogen and oxygen atoms in total. The number of carbonyl (C=O) groups is 1. The van der Waals surface area contributed by atoms with E-state index in [-0.39, 0.29) is 5.56 Å². The van der Waals surface area contributed by atoms with Crippen molar-refractivity contribution >= 4 is 23.3 Å². The molecule has 17 heavy (non-hydrogen) atoms. The first-order valence-electron chi connectivity index (χ1n) is 5.87. The number of halogens is 1. The lowest BCUT2D eigenvalue weighted by Crippen LogP contribution is -2.31. The van der Waals surface area contributed by atoms with Gasteiger partial charge in [-0.05, 0) is 43.9 Å². The lowest BCUT2D eigenvalue weighted by molar-refractivity contribution is 0.0698. The molecule has 4 heteroatoms. The third kappa shape index (κ3) is 2.72. The molecule has 1 aromatic carbocycles. The molecule has 0 radical (unpaired) electrons. The van der Waals surface area contributed by atoms with E-state index in [0.29, 0.717) is 22.7 Å². The summed E-state index contributed by atoms with van der Waals surface area (Å²) >= 11 is 5.90. The van der Waals surface area contributed by atoms with E-state index in [9.17, 15) is 4.79 Å². The first-order valence-corrected chi connectivity index (χ1v) is 6.25. The molecule has 0 aliphatic heterocycles. The van der Waals surface area contributed by atoms with Gasteiger partial charge in [0.15, 0.2) is 0 Å². The summed E-state index contributed by atoms with van der Waals surface area (Å²) in [6, 6.07) is 5.12. The molecule has 0 spiro atoms. The van der Waals surface area contributed by atoms with Crippen LogP contribution in [0.5, 0.6) is 0 Å². The molecule has 1 saturated carbocycles. The van der Waals surface area contributed by atoms with E-state index in [2.05, 4.69) is 12.2 Å². The Morgan fingerprint density at radius 3 is 2.76 bits per heavy atom. The molecular weight excluding hydrogens is 238 g/mol. The molecule has 1 fully saturated rings. The maximum Gasteiger partial charge on any atom is 0.337 e. The third-order valence-electron chi connectivity index (χ3n) is 3.45. The fourth-order valence-corrected chi connectivity index (χ4v) is 2.30. The number of benzene rings is 1. The number of hydrogen-bond donors (Lipinski definition) is 2. The smallest absolute Gasteiger partial charge is 0.337 e. The van der Waals surface area contributed by atoms with Crippen LogP contribution in [-0.4, -0.2) is 17.1 Å². The third-order valence-corrected chi connectivity index (χ3v) is 3.69. The highest BCUT2D eigenvalue weighted by molar-refractivity contribution is 6.31. The van der Waals surface area contributed by atoms with E-state index < -0.39 is 5.97 Å². The molecule has 92 valence electrons. The maximum atomic E-state index is 11.1. The van der Waals surface area contributed by atoms with Crippen LogP contribution in [0.4, 0.5) is 5.69 Å². The topological polar surface area (TPSA) is 49.3 Å². The molecule has 0 saturated heterocycles. The molecule has 1 aliphatic carbocycles.